The third-order valence-corrected chi connectivity index (χ3v) is 3.25. The van der Waals surface area contributed by atoms with Crippen LogP contribution in [0.2, 0.25) is 0 Å². The highest BCUT2D eigenvalue weighted by Crippen LogP contribution is 2.31. The van der Waals surface area contributed by atoms with E-state index in [1.165, 1.54) is 0 Å². The number of nitrogens with two attached hydrogens (primary N) is 1. The van der Waals surface area contributed by atoms with Gasteiger partial charge in [-0.1, -0.05) is 12.1 Å². The summed E-state index contributed by atoms with van der Waals surface area (Å²) in [6.07, 6.45) is -0.127. The van der Waals surface area contributed by atoms with Crippen LogP contribution in [0.3, 0.4) is 0 Å². The molecule has 0 fully saturated rings. The SMILES string of the molecule is CCOc1ccccc1OC(CN)c1ccsc1. The van der Waals surface area contributed by atoms with Crippen LogP contribution in [0.25, 0.3) is 0 Å². The molecule has 0 amide bonds. The lowest BCUT2D eigenvalue weighted by Gasteiger charge is -2.18. The second-order valence-electron chi connectivity index (χ2n) is 3.78. The average molecular weight is 263 g/mol. The van der Waals surface area contributed by atoms with E-state index in [0.29, 0.717) is 13.2 Å². The molecule has 2 aromatic rings. The van der Waals surface area contributed by atoms with E-state index in [0.717, 1.165) is 17.1 Å². The Morgan fingerprint density at radius 3 is 2.61 bits per heavy atom. The molecule has 18 heavy (non-hydrogen) atoms. The van der Waals surface area contributed by atoms with Crippen LogP contribution in [-0.4, -0.2) is 13.2 Å². The Hall–Kier alpha value is -1.52. The fourth-order valence-electron chi connectivity index (χ4n) is 1.69. The number of para-hydroxylation sites is 2. The first-order valence-electron chi connectivity index (χ1n) is 5.95. The highest BCUT2D eigenvalue weighted by Gasteiger charge is 2.14. The lowest BCUT2D eigenvalue weighted by Crippen LogP contribution is -2.18. The largest absolute Gasteiger partial charge is 0.490 e. The minimum Gasteiger partial charge on any atom is -0.490 e. The molecule has 1 aromatic heterocycles. The van der Waals surface area contributed by atoms with Crippen molar-refractivity contribution in [2.75, 3.05) is 13.2 Å². The lowest BCUT2D eigenvalue weighted by atomic mass is 10.2. The molecular formula is C14H17NO2S. The fourth-order valence-corrected chi connectivity index (χ4v) is 2.39. The summed E-state index contributed by atoms with van der Waals surface area (Å²) < 4.78 is 11.5. The minimum absolute atomic E-state index is 0.127. The zero-order valence-electron chi connectivity index (χ0n) is 10.3. The molecule has 0 aliphatic rings. The smallest absolute Gasteiger partial charge is 0.162 e. The molecule has 2 N–H and O–H groups in total. The second kappa shape index (κ2) is 6.42. The Labute approximate surface area is 111 Å². The molecule has 0 radical (unpaired) electrons. The highest BCUT2D eigenvalue weighted by atomic mass is 32.1. The first-order valence-corrected chi connectivity index (χ1v) is 6.90. The van der Waals surface area contributed by atoms with E-state index >= 15 is 0 Å². The molecule has 0 spiro atoms. The molecule has 0 saturated heterocycles. The number of rotatable bonds is 6. The van der Waals surface area contributed by atoms with Crippen LogP contribution >= 0.6 is 11.3 Å². The lowest BCUT2D eigenvalue weighted by molar-refractivity contribution is 0.200. The monoisotopic (exact) mass is 263 g/mol. The second-order valence-corrected chi connectivity index (χ2v) is 4.56. The van der Waals surface area contributed by atoms with Gasteiger partial charge in [0.2, 0.25) is 0 Å². The number of hydrogen-bond donors (Lipinski definition) is 1. The van der Waals surface area contributed by atoms with Gasteiger partial charge in [-0.2, -0.15) is 11.3 Å². The van der Waals surface area contributed by atoms with Crippen LogP contribution in [0.4, 0.5) is 0 Å². The molecule has 2 rings (SSSR count). The molecular weight excluding hydrogens is 246 g/mol. The molecule has 4 heteroatoms. The van der Waals surface area contributed by atoms with E-state index < -0.39 is 0 Å². The maximum absolute atomic E-state index is 5.95. The molecule has 0 bridgehead atoms. The molecule has 96 valence electrons. The van der Waals surface area contributed by atoms with Crippen molar-refractivity contribution in [1.29, 1.82) is 0 Å². The summed E-state index contributed by atoms with van der Waals surface area (Å²) >= 11 is 1.64. The van der Waals surface area contributed by atoms with Crippen molar-refractivity contribution in [1.82, 2.24) is 0 Å². The Morgan fingerprint density at radius 2 is 2.00 bits per heavy atom. The predicted molar refractivity (Wildman–Crippen MR) is 74.4 cm³/mol. The standard InChI is InChI=1S/C14H17NO2S/c1-2-16-12-5-3-4-6-13(12)17-14(9-15)11-7-8-18-10-11/h3-8,10,14H,2,9,15H2,1H3. The van der Waals surface area contributed by atoms with E-state index in [9.17, 15) is 0 Å². The molecule has 0 saturated carbocycles. The van der Waals surface area contributed by atoms with Gasteiger partial charge in [-0.3, -0.25) is 0 Å². The van der Waals surface area contributed by atoms with Crippen LogP contribution in [-0.2, 0) is 0 Å². The maximum atomic E-state index is 5.95. The van der Waals surface area contributed by atoms with Gasteiger partial charge in [0, 0.05) is 12.1 Å². The van der Waals surface area contributed by atoms with Crippen LogP contribution < -0.4 is 15.2 Å². The fraction of sp³-hybridized carbons (Fsp3) is 0.286. The van der Waals surface area contributed by atoms with Gasteiger partial charge in [0.05, 0.1) is 6.61 Å². The number of hydrogen-bond acceptors (Lipinski definition) is 4. The van der Waals surface area contributed by atoms with E-state index in [4.69, 9.17) is 15.2 Å². The molecule has 1 atom stereocenters. The van der Waals surface area contributed by atoms with Crippen molar-refractivity contribution in [3.8, 4) is 11.5 Å². The number of ether oxygens (including phenoxy) is 2. The van der Waals surface area contributed by atoms with E-state index in [1.54, 1.807) is 11.3 Å². The van der Waals surface area contributed by atoms with Crippen LogP contribution in [0.5, 0.6) is 11.5 Å². The molecule has 1 aromatic carbocycles. The Bertz CT molecular complexity index is 470. The van der Waals surface area contributed by atoms with Gasteiger partial charge in [-0.25, -0.2) is 0 Å². The van der Waals surface area contributed by atoms with Crippen molar-refractivity contribution < 1.29 is 9.47 Å². The van der Waals surface area contributed by atoms with Gasteiger partial charge in [0.25, 0.3) is 0 Å². The summed E-state index contributed by atoms with van der Waals surface area (Å²) in [5, 5.41) is 4.08. The van der Waals surface area contributed by atoms with Crippen LogP contribution in [0.1, 0.15) is 18.6 Å². The van der Waals surface area contributed by atoms with Gasteiger partial charge in [-0.05, 0) is 35.9 Å². The normalized spacial score (nSPS) is 12.1. The van der Waals surface area contributed by atoms with Crippen molar-refractivity contribution in [3.05, 3.63) is 46.7 Å². The van der Waals surface area contributed by atoms with Gasteiger partial charge in [-0.15, -0.1) is 0 Å². The van der Waals surface area contributed by atoms with E-state index in [-0.39, 0.29) is 6.10 Å². The van der Waals surface area contributed by atoms with Gasteiger partial charge >= 0.3 is 0 Å². The van der Waals surface area contributed by atoms with Crippen molar-refractivity contribution in [3.63, 3.8) is 0 Å². The van der Waals surface area contributed by atoms with Gasteiger partial charge in [0.15, 0.2) is 11.5 Å². The zero-order chi connectivity index (χ0) is 12.8. The summed E-state index contributed by atoms with van der Waals surface area (Å²) in [6.45, 7) is 3.01. The minimum atomic E-state index is -0.127. The quantitative estimate of drug-likeness (QED) is 0.870. The first kappa shape index (κ1) is 12.9. The Morgan fingerprint density at radius 1 is 1.22 bits per heavy atom. The number of benzene rings is 1. The molecule has 1 unspecified atom stereocenters. The molecule has 0 aliphatic heterocycles. The van der Waals surface area contributed by atoms with Crippen LogP contribution in [0.15, 0.2) is 41.1 Å². The van der Waals surface area contributed by atoms with Crippen molar-refractivity contribution >= 4 is 11.3 Å². The average Bonchev–Trinajstić information content (AvgIpc) is 2.92. The maximum Gasteiger partial charge on any atom is 0.162 e. The van der Waals surface area contributed by atoms with E-state index in [1.807, 2.05) is 42.6 Å². The highest BCUT2D eigenvalue weighted by molar-refractivity contribution is 7.07. The third-order valence-electron chi connectivity index (χ3n) is 2.55. The van der Waals surface area contributed by atoms with Gasteiger partial charge < -0.3 is 15.2 Å². The molecule has 1 heterocycles. The summed E-state index contributed by atoms with van der Waals surface area (Å²) in [5.41, 5.74) is 6.88. The summed E-state index contributed by atoms with van der Waals surface area (Å²) in [4.78, 5) is 0. The third kappa shape index (κ3) is 3.03. The summed E-state index contributed by atoms with van der Waals surface area (Å²) in [5.74, 6) is 1.50. The number of thiophene rings is 1. The van der Waals surface area contributed by atoms with Gasteiger partial charge in [0.1, 0.15) is 6.10 Å². The summed E-state index contributed by atoms with van der Waals surface area (Å²) in [7, 11) is 0. The predicted octanol–water partition coefficient (Wildman–Crippen LogP) is 3.23. The Kier molecular flexibility index (Phi) is 4.61. The van der Waals surface area contributed by atoms with Crippen molar-refractivity contribution in [2.24, 2.45) is 5.73 Å². The zero-order valence-corrected chi connectivity index (χ0v) is 11.2. The van der Waals surface area contributed by atoms with Crippen LogP contribution in [0, 0.1) is 0 Å². The topological polar surface area (TPSA) is 44.5 Å². The van der Waals surface area contributed by atoms with E-state index in [2.05, 4.69) is 5.38 Å². The molecule has 3 nitrogen and oxygen atoms in total. The molecule has 0 aliphatic carbocycles. The van der Waals surface area contributed by atoms with Crippen molar-refractivity contribution in [2.45, 2.75) is 13.0 Å². The first-order chi connectivity index (χ1) is 8.85. The summed E-state index contributed by atoms with van der Waals surface area (Å²) in [6, 6.07) is 9.70. The Balaban J connectivity index is 2.17.